The minimum atomic E-state index is -0.570. The minimum Gasteiger partial charge on any atom is -0.479 e. The number of rotatable bonds is 2. The summed E-state index contributed by atoms with van der Waals surface area (Å²) < 4.78 is 5.62. The molecule has 2 aliphatic heterocycles. The van der Waals surface area contributed by atoms with E-state index >= 15 is 0 Å². The van der Waals surface area contributed by atoms with Crippen LogP contribution in [0.2, 0.25) is 0 Å². The van der Waals surface area contributed by atoms with E-state index < -0.39 is 6.10 Å². The smallest absolute Gasteiger partial charge is 0.268 e. The second kappa shape index (κ2) is 6.84. The molecule has 2 N–H and O–H groups in total. The number of hydrogen-bond donors (Lipinski definition) is 1. The van der Waals surface area contributed by atoms with Crippen molar-refractivity contribution in [3.63, 3.8) is 0 Å². The fourth-order valence-corrected chi connectivity index (χ4v) is 4.27. The largest absolute Gasteiger partial charge is 0.479 e. The Hall–Kier alpha value is -1.79. The van der Waals surface area contributed by atoms with E-state index in [1.54, 1.807) is 11.8 Å². The van der Waals surface area contributed by atoms with Crippen LogP contribution in [0.25, 0.3) is 0 Å². The monoisotopic (exact) mass is 365 g/mol. The molecule has 3 aliphatic rings. The lowest BCUT2D eigenvalue weighted by Crippen LogP contribution is -2.49. The lowest BCUT2D eigenvalue weighted by atomic mass is 9.98. The Morgan fingerprint density at radius 2 is 2.04 bits per heavy atom. The van der Waals surface area contributed by atoms with Crippen molar-refractivity contribution in [1.29, 1.82) is 0 Å². The van der Waals surface area contributed by atoms with Crippen LogP contribution in [0, 0.1) is 11.8 Å². The van der Waals surface area contributed by atoms with Gasteiger partial charge in [0.2, 0.25) is 5.91 Å². The van der Waals surface area contributed by atoms with E-state index in [1.165, 1.54) is 0 Å². The first-order valence-corrected chi connectivity index (χ1v) is 8.65. The van der Waals surface area contributed by atoms with Crippen molar-refractivity contribution in [2.45, 2.75) is 31.9 Å². The summed E-state index contributed by atoms with van der Waals surface area (Å²) in [6.07, 6.45) is 1.59. The molecule has 2 heterocycles. The molecule has 25 heavy (non-hydrogen) atoms. The van der Waals surface area contributed by atoms with Gasteiger partial charge in [0.15, 0.2) is 6.10 Å². The zero-order valence-electron chi connectivity index (χ0n) is 14.3. The molecule has 1 saturated heterocycles. The highest BCUT2D eigenvalue weighted by Gasteiger charge is 2.43. The van der Waals surface area contributed by atoms with Gasteiger partial charge in [-0.25, -0.2) is 0 Å². The van der Waals surface area contributed by atoms with E-state index in [1.807, 2.05) is 29.2 Å². The predicted octanol–water partition coefficient (Wildman–Crippen LogP) is 1.42. The highest BCUT2D eigenvalue weighted by atomic mass is 35.5. The number of para-hydroxylation sites is 2. The maximum Gasteiger partial charge on any atom is 0.268 e. The molecule has 1 aromatic rings. The molecule has 1 aromatic carbocycles. The Labute approximate surface area is 153 Å². The number of amides is 2. The maximum atomic E-state index is 12.8. The van der Waals surface area contributed by atoms with Crippen molar-refractivity contribution in [1.82, 2.24) is 4.90 Å². The van der Waals surface area contributed by atoms with Crippen molar-refractivity contribution in [3.8, 4) is 5.75 Å². The van der Waals surface area contributed by atoms with Gasteiger partial charge in [-0.15, -0.1) is 12.4 Å². The standard InChI is InChI=1S/C18H23N3O3.ClH/c1-11-18(23)21(15-4-2-3-5-16(15)24-11)10-17(22)20-8-12-6-7-14(19)13(12)9-20;/h2-5,11-14H,6-10,19H2,1H3;1H. The molecule has 0 bridgehead atoms. The van der Waals surface area contributed by atoms with Crippen LogP contribution in [0.3, 0.4) is 0 Å². The average Bonchev–Trinajstić information content (AvgIpc) is 3.14. The zero-order chi connectivity index (χ0) is 16.8. The van der Waals surface area contributed by atoms with E-state index in [0.29, 0.717) is 23.3 Å². The second-order valence-corrected chi connectivity index (χ2v) is 7.12. The van der Waals surface area contributed by atoms with Crippen molar-refractivity contribution in [2.24, 2.45) is 17.6 Å². The molecule has 7 heteroatoms. The number of nitrogens with zero attached hydrogens (tertiary/aromatic N) is 2. The Morgan fingerprint density at radius 1 is 1.28 bits per heavy atom. The lowest BCUT2D eigenvalue weighted by molar-refractivity contribution is -0.132. The summed E-state index contributed by atoms with van der Waals surface area (Å²) in [5, 5.41) is 0. The molecule has 2 amide bonds. The summed E-state index contributed by atoms with van der Waals surface area (Å²) in [6, 6.07) is 7.57. The number of carbonyl (C=O) groups excluding carboxylic acids is 2. The molecule has 136 valence electrons. The molecular weight excluding hydrogens is 342 g/mol. The van der Waals surface area contributed by atoms with Crippen LogP contribution in [-0.2, 0) is 9.59 Å². The third-order valence-electron chi connectivity index (χ3n) is 5.63. The third-order valence-corrected chi connectivity index (χ3v) is 5.63. The highest BCUT2D eigenvalue weighted by Crippen LogP contribution is 2.38. The van der Waals surface area contributed by atoms with E-state index in [4.69, 9.17) is 10.5 Å². The van der Waals surface area contributed by atoms with Crippen molar-refractivity contribution < 1.29 is 14.3 Å². The van der Waals surface area contributed by atoms with Crippen LogP contribution in [0.15, 0.2) is 24.3 Å². The van der Waals surface area contributed by atoms with Gasteiger partial charge in [0.05, 0.1) is 5.69 Å². The molecule has 2 fully saturated rings. The van der Waals surface area contributed by atoms with Crippen molar-refractivity contribution >= 4 is 29.9 Å². The van der Waals surface area contributed by atoms with Gasteiger partial charge in [0.1, 0.15) is 12.3 Å². The van der Waals surface area contributed by atoms with Crippen LogP contribution >= 0.6 is 12.4 Å². The number of ether oxygens (including phenoxy) is 1. The number of likely N-dealkylation sites (tertiary alicyclic amines) is 1. The summed E-state index contributed by atoms with van der Waals surface area (Å²) in [4.78, 5) is 28.7. The van der Waals surface area contributed by atoms with Crippen LogP contribution < -0.4 is 15.4 Å². The van der Waals surface area contributed by atoms with Crippen LogP contribution in [-0.4, -0.2) is 48.5 Å². The molecule has 1 aliphatic carbocycles. The predicted molar refractivity (Wildman–Crippen MR) is 96.9 cm³/mol. The number of hydrogen-bond acceptors (Lipinski definition) is 4. The first-order valence-electron chi connectivity index (χ1n) is 8.65. The third kappa shape index (κ3) is 3.09. The Bertz CT molecular complexity index is 683. The summed E-state index contributed by atoms with van der Waals surface area (Å²) >= 11 is 0. The molecule has 4 rings (SSSR count). The fourth-order valence-electron chi connectivity index (χ4n) is 4.27. The molecule has 4 unspecified atom stereocenters. The van der Waals surface area contributed by atoms with Gasteiger partial charge in [-0.05, 0) is 43.7 Å². The fraction of sp³-hybridized carbons (Fsp3) is 0.556. The number of carbonyl (C=O) groups is 2. The van der Waals surface area contributed by atoms with E-state index in [9.17, 15) is 9.59 Å². The number of fused-ring (bicyclic) bond motifs is 2. The van der Waals surface area contributed by atoms with Gasteiger partial charge < -0.3 is 15.4 Å². The molecule has 1 saturated carbocycles. The van der Waals surface area contributed by atoms with Gasteiger partial charge in [-0.3, -0.25) is 14.5 Å². The van der Waals surface area contributed by atoms with Gasteiger partial charge >= 0.3 is 0 Å². The lowest BCUT2D eigenvalue weighted by Gasteiger charge is -2.33. The summed E-state index contributed by atoms with van der Waals surface area (Å²) in [5.41, 5.74) is 6.82. The van der Waals surface area contributed by atoms with E-state index in [0.717, 1.165) is 25.9 Å². The number of anilines is 1. The zero-order valence-corrected chi connectivity index (χ0v) is 15.1. The van der Waals surface area contributed by atoms with Gasteiger partial charge in [-0.2, -0.15) is 0 Å². The Balaban J connectivity index is 0.00000182. The van der Waals surface area contributed by atoms with Gasteiger partial charge in [0, 0.05) is 19.1 Å². The van der Waals surface area contributed by atoms with Crippen LogP contribution in [0.5, 0.6) is 5.75 Å². The van der Waals surface area contributed by atoms with Crippen molar-refractivity contribution in [2.75, 3.05) is 24.5 Å². The first-order chi connectivity index (χ1) is 11.5. The average molecular weight is 366 g/mol. The number of nitrogens with two attached hydrogens (primary N) is 1. The normalized spacial score (nSPS) is 30.4. The van der Waals surface area contributed by atoms with Gasteiger partial charge in [-0.1, -0.05) is 12.1 Å². The summed E-state index contributed by atoms with van der Waals surface area (Å²) in [5.74, 6) is 1.42. The summed E-state index contributed by atoms with van der Waals surface area (Å²) in [7, 11) is 0. The molecule has 6 nitrogen and oxygen atoms in total. The number of benzene rings is 1. The summed E-state index contributed by atoms with van der Waals surface area (Å²) in [6.45, 7) is 3.28. The SMILES string of the molecule is CC1Oc2ccccc2N(CC(=O)N2CC3CCC(N)C3C2)C1=O.Cl. The highest BCUT2D eigenvalue weighted by molar-refractivity contribution is 6.03. The van der Waals surface area contributed by atoms with E-state index in [-0.39, 0.29) is 36.8 Å². The Morgan fingerprint density at radius 3 is 2.80 bits per heavy atom. The minimum absolute atomic E-state index is 0. The molecular formula is C18H24ClN3O3. The second-order valence-electron chi connectivity index (χ2n) is 7.12. The van der Waals surface area contributed by atoms with Crippen molar-refractivity contribution in [3.05, 3.63) is 24.3 Å². The van der Waals surface area contributed by atoms with E-state index in [2.05, 4.69) is 0 Å². The van der Waals surface area contributed by atoms with Crippen LogP contribution in [0.4, 0.5) is 5.69 Å². The number of halogens is 1. The Kier molecular flexibility index (Phi) is 4.93. The molecule has 0 aromatic heterocycles. The molecule has 0 spiro atoms. The topological polar surface area (TPSA) is 75.9 Å². The first kappa shape index (κ1) is 18.0. The molecule has 4 atom stereocenters. The quantitative estimate of drug-likeness (QED) is 0.860. The molecule has 0 radical (unpaired) electrons. The van der Waals surface area contributed by atoms with Gasteiger partial charge in [0.25, 0.3) is 5.91 Å². The maximum absolute atomic E-state index is 12.8. The van der Waals surface area contributed by atoms with Crippen LogP contribution in [0.1, 0.15) is 19.8 Å².